The summed E-state index contributed by atoms with van der Waals surface area (Å²) in [5, 5.41) is 23.6. The summed E-state index contributed by atoms with van der Waals surface area (Å²) in [5.74, 6) is -5.50. The fraction of sp³-hybridized carbons (Fsp3) is 0.308. The van der Waals surface area contributed by atoms with Gasteiger partial charge in [0, 0.05) is 38.3 Å². The van der Waals surface area contributed by atoms with Crippen molar-refractivity contribution >= 4 is 67.0 Å². The molecule has 0 aliphatic rings. The van der Waals surface area contributed by atoms with E-state index in [4.69, 9.17) is 0 Å². The molecule has 0 bridgehead atoms. The van der Waals surface area contributed by atoms with Crippen molar-refractivity contribution in [2.45, 2.75) is 23.6 Å². The highest BCUT2D eigenvalue weighted by atomic mass is 32.2. The van der Waals surface area contributed by atoms with Crippen LogP contribution in [0.3, 0.4) is 0 Å². The molecule has 250 valence electrons. The number of anilines is 2. The molecule has 2 rings (SSSR count). The van der Waals surface area contributed by atoms with Crippen molar-refractivity contribution in [3.05, 3.63) is 48.5 Å². The molecule has 0 atom stereocenters. The fourth-order valence-electron chi connectivity index (χ4n) is 3.83. The number of aliphatic carboxylic acids is 2. The SMILES string of the molecule is CC(=O)NS(=O)(=O)c1ccc(NC(=O)CN(CCN(CC(=O)O)CC(=O)Nc2ccc(S(=O)(=O)NC(C)=O)cc2)CC(=O)O)cc1. The van der Waals surface area contributed by atoms with Crippen molar-refractivity contribution in [2.24, 2.45) is 0 Å². The third-order valence-electron chi connectivity index (χ3n) is 5.64. The summed E-state index contributed by atoms with van der Waals surface area (Å²) in [6.07, 6.45) is 0. The highest BCUT2D eigenvalue weighted by molar-refractivity contribution is 7.90. The Labute approximate surface area is 263 Å². The van der Waals surface area contributed by atoms with Crippen LogP contribution in [0.5, 0.6) is 0 Å². The molecule has 0 unspecified atom stereocenters. The molecule has 0 fully saturated rings. The molecule has 0 aliphatic carbocycles. The molecular weight excluding hydrogens is 652 g/mol. The lowest BCUT2D eigenvalue weighted by atomic mass is 10.3. The van der Waals surface area contributed by atoms with Gasteiger partial charge in [0.05, 0.1) is 36.0 Å². The van der Waals surface area contributed by atoms with Gasteiger partial charge in [-0.05, 0) is 48.5 Å². The lowest BCUT2D eigenvalue weighted by molar-refractivity contribution is -0.140. The van der Waals surface area contributed by atoms with Gasteiger partial charge in [-0.3, -0.25) is 38.6 Å². The van der Waals surface area contributed by atoms with E-state index in [1.54, 1.807) is 9.44 Å². The van der Waals surface area contributed by atoms with E-state index in [1.165, 1.54) is 34.1 Å². The molecule has 0 saturated carbocycles. The summed E-state index contributed by atoms with van der Waals surface area (Å²) < 4.78 is 51.9. The molecule has 0 aromatic heterocycles. The summed E-state index contributed by atoms with van der Waals surface area (Å²) in [5.41, 5.74) is 0.346. The second-order valence-corrected chi connectivity index (χ2v) is 13.0. The fourth-order valence-corrected chi connectivity index (χ4v) is 5.81. The van der Waals surface area contributed by atoms with Crippen LogP contribution in [0.15, 0.2) is 58.3 Å². The van der Waals surface area contributed by atoms with Gasteiger partial charge in [-0.15, -0.1) is 0 Å². The van der Waals surface area contributed by atoms with Gasteiger partial charge in [0.2, 0.25) is 23.6 Å². The van der Waals surface area contributed by atoms with Gasteiger partial charge in [-0.1, -0.05) is 0 Å². The van der Waals surface area contributed by atoms with Gasteiger partial charge in [-0.2, -0.15) is 0 Å². The predicted octanol–water partition coefficient (Wildman–Crippen LogP) is -1.31. The van der Waals surface area contributed by atoms with E-state index in [1.807, 2.05) is 0 Å². The van der Waals surface area contributed by atoms with E-state index in [-0.39, 0.29) is 34.3 Å². The van der Waals surface area contributed by atoms with Crippen LogP contribution in [-0.2, 0) is 48.8 Å². The van der Waals surface area contributed by atoms with Gasteiger partial charge in [0.25, 0.3) is 20.0 Å². The maximum Gasteiger partial charge on any atom is 0.317 e. The zero-order valence-electron chi connectivity index (χ0n) is 24.5. The smallest absolute Gasteiger partial charge is 0.317 e. The first-order chi connectivity index (χ1) is 21.4. The molecule has 0 saturated heterocycles. The van der Waals surface area contributed by atoms with E-state index in [0.29, 0.717) is 0 Å². The van der Waals surface area contributed by atoms with Gasteiger partial charge in [0.15, 0.2) is 0 Å². The lowest BCUT2D eigenvalue weighted by Crippen LogP contribution is -2.44. The molecule has 0 spiro atoms. The quantitative estimate of drug-likeness (QED) is 0.113. The number of nitrogens with one attached hydrogen (secondary N) is 4. The van der Waals surface area contributed by atoms with Crippen LogP contribution in [0, 0.1) is 0 Å². The van der Waals surface area contributed by atoms with Crippen LogP contribution < -0.4 is 20.1 Å². The second-order valence-electron chi connectivity index (χ2n) is 9.68. The van der Waals surface area contributed by atoms with Crippen molar-refractivity contribution < 1.29 is 55.8 Å². The standard InChI is InChI=1S/C26H32N6O12S2/c1-17(33)29-45(41,42)21-7-3-19(4-8-21)27-23(35)13-31(15-25(37)38)11-12-32(16-26(39)40)14-24(36)28-20-5-9-22(10-6-20)46(43,44)30-18(2)34/h3-10H,11-16H2,1-2H3,(H,27,35)(H,28,36)(H,29,33)(H,30,34)(H,37,38)(H,39,40). The Bertz CT molecular complexity index is 1550. The van der Waals surface area contributed by atoms with Crippen molar-refractivity contribution in [1.29, 1.82) is 0 Å². The van der Waals surface area contributed by atoms with Crippen LogP contribution in [0.1, 0.15) is 13.8 Å². The molecule has 0 aliphatic heterocycles. The van der Waals surface area contributed by atoms with Crippen molar-refractivity contribution in [3.8, 4) is 0 Å². The predicted molar refractivity (Wildman–Crippen MR) is 160 cm³/mol. The first kappa shape index (κ1) is 37.3. The van der Waals surface area contributed by atoms with Gasteiger partial charge < -0.3 is 20.8 Å². The number of carbonyl (C=O) groups excluding carboxylic acids is 4. The van der Waals surface area contributed by atoms with E-state index in [2.05, 4.69) is 10.6 Å². The average Bonchev–Trinajstić information content (AvgIpc) is 2.90. The molecule has 2 aromatic carbocycles. The number of sulfonamides is 2. The third kappa shape index (κ3) is 13.0. The summed E-state index contributed by atoms with van der Waals surface area (Å²) in [6.45, 7) is -0.377. The number of carboxylic acid groups (broad SMARTS) is 2. The molecular formula is C26H32N6O12S2. The molecule has 0 radical (unpaired) electrons. The Morgan fingerprint density at radius 3 is 1.13 bits per heavy atom. The maximum absolute atomic E-state index is 12.6. The lowest BCUT2D eigenvalue weighted by Gasteiger charge is -2.25. The maximum atomic E-state index is 12.6. The monoisotopic (exact) mass is 684 g/mol. The Morgan fingerprint density at radius 1 is 0.565 bits per heavy atom. The first-order valence-corrected chi connectivity index (χ1v) is 16.1. The number of rotatable bonds is 17. The molecule has 4 amide bonds. The van der Waals surface area contributed by atoms with Gasteiger partial charge in [0.1, 0.15) is 0 Å². The minimum absolute atomic E-state index is 0.149. The molecule has 6 N–H and O–H groups in total. The summed E-state index contributed by atoms with van der Waals surface area (Å²) in [7, 11) is -8.19. The molecule has 46 heavy (non-hydrogen) atoms. The summed E-state index contributed by atoms with van der Waals surface area (Å²) in [6, 6.07) is 9.63. The average molecular weight is 685 g/mol. The van der Waals surface area contributed by atoms with E-state index >= 15 is 0 Å². The third-order valence-corrected chi connectivity index (χ3v) is 8.54. The van der Waals surface area contributed by atoms with Crippen LogP contribution in [0.25, 0.3) is 0 Å². The first-order valence-electron chi connectivity index (χ1n) is 13.1. The van der Waals surface area contributed by atoms with Crippen LogP contribution >= 0.6 is 0 Å². The minimum Gasteiger partial charge on any atom is -0.480 e. The Kier molecular flexibility index (Phi) is 13.3. The van der Waals surface area contributed by atoms with E-state index in [0.717, 1.165) is 38.1 Å². The number of carboxylic acids is 2. The van der Waals surface area contributed by atoms with Gasteiger partial charge in [-0.25, -0.2) is 26.3 Å². The second kappa shape index (κ2) is 16.4. The molecule has 2 aromatic rings. The summed E-state index contributed by atoms with van der Waals surface area (Å²) in [4.78, 5) is 72.2. The van der Waals surface area contributed by atoms with Gasteiger partial charge >= 0.3 is 11.9 Å². The Morgan fingerprint density at radius 2 is 0.870 bits per heavy atom. The van der Waals surface area contributed by atoms with Crippen molar-refractivity contribution in [1.82, 2.24) is 19.2 Å². The highest BCUT2D eigenvalue weighted by Crippen LogP contribution is 2.15. The van der Waals surface area contributed by atoms with Crippen LogP contribution in [0.4, 0.5) is 11.4 Å². The normalized spacial score (nSPS) is 11.5. The molecule has 20 heteroatoms. The zero-order valence-corrected chi connectivity index (χ0v) is 26.2. The number of hydrogen-bond acceptors (Lipinski definition) is 12. The van der Waals surface area contributed by atoms with Crippen molar-refractivity contribution in [2.75, 3.05) is 49.9 Å². The minimum atomic E-state index is -4.09. The molecule has 18 nitrogen and oxygen atoms in total. The Hall–Kier alpha value is -4.92. The van der Waals surface area contributed by atoms with Crippen LogP contribution in [-0.4, -0.2) is 112 Å². The number of amides is 4. The number of nitrogens with zero attached hydrogens (tertiary/aromatic N) is 2. The number of carbonyl (C=O) groups is 6. The molecule has 0 heterocycles. The number of benzene rings is 2. The van der Waals surface area contributed by atoms with Crippen LogP contribution in [0.2, 0.25) is 0 Å². The Balaban J connectivity index is 2.02. The highest BCUT2D eigenvalue weighted by Gasteiger charge is 2.21. The summed E-state index contributed by atoms with van der Waals surface area (Å²) >= 11 is 0. The topological polar surface area (TPSA) is 266 Å². The zero-order chi connectivity index (χ0) is 34.7. The largest absolute Gasteiger partial charge is 0.480 e. The van der Waals surface area contributed by atoms with Crippen molar-refractivity contribution in [3.63, 3.8) is 0 Å². The van der Waals surface area contributed by atoms with E-state index in [9.17, 15) is 55.8 Å². The van der Waals surface area contributed by atoms with E-state index < -0.39 is 81.8 Å². The number of hydrogen-bond donors (Lipinski definition) is 6.